The van der Waals surface area contributed by atoms with Gasteiger partial charge >= 0.3 is 0 Å². The first kappa shape index (κ1) is 20.9. The van der Waals surface area contributed by atoms with E-state index >= 15 is 0 Å². The van der Waals surface area contributed by atoms with E-state index in [1.807, 2.05) is 25.3 Å². The maximum atomic E-state index is 12.9. The quantitative estimate of drug-likeness (QED) is 0.633. The number of rotatable bonds is 5. The van der Waals surface area contributed by atoms with Crippen molar-refractivity contribution in [3.63, 3.8) is 0 Å². The molecule has 168 valence electrons. The van der Waals surface area contributed by atoms with Gasteiger partial charge in [0.25, 0.3) is 0 Å². The molecule has 32 heavy (non-hydrogen) atoms. The average molecular weight is 434 g/mol. The van der Waals surface area contributed by atoms with Crippen molar-refractivity contribution in [2.45, 2.75) is 39.7 Å². The standard InChI is InChI=1S/C24H31N7O/c1-15(2)10-19-11-16(3)22(32)20-12-17-13-27-24(29-23(17)31(19)20)28-21-5-4-18(14-26-21)30-8-6-25-7-9-30/h4-5,12-16,19,25H,6-11H2,1-3H3,(H,26,27,28,29). The molecule has 1 saturated heterocycles. The number of hydrogen-bond acceptors (Lipinski definition) is 7. The smallest absolute Gasteiger partial charge is 0.230 e. The first-order chi connectivity index (χ1) is 15.5. The lowest BCUT2D eigenvalue weighted by atomic mass is 9.87. The van der Waals surface area contributed by atoms with Crippen LogP contribution >= 0.6 is 0 Å². The average Bonchev–Trinajstić information content (AvgIpc) is 3.17. The van der Waals surface area contributed by atoms with Gasteiger partial charge in [0.2, 0.25) is 5.95 Å². The fourth-order valence-electron chi connectivity index (χ4n) is 4.93. The highest BCUT2D eigenvalue weighted by molar-refractivity contribution is 6.01. The van der Waals surface area contributed by atoms with Crippen LogP contribution in [0.2, 0.25) is 0 Å². The van der Waals surface area contributed by atoms with Gasteiger partial charge in [0.15, 0.2) is 5.78 Å². The summed E-state index contributed by atoms with van der Waals surface area (Å²) in [6.45, 7) is 10.5. The number of pyridine rings is 1. The van der Waals surface area contributed by atoms with Crippen molar-refractivity contribution in [3.8, 4) is 0 Å². The predicted octanol–water partition coefficient (Wildman–Crippen LogP) is 3.79. The Labute approximate surface area is 188 Å². The second-order valence-corrected chi connectivity index (χ2v) is 9.42. The van der Waals surface area contributed by atoms with E-state index in [9.17, 15) is 4.79 Å². The summed E-state index contributed by atoms with van der Waals surface area (Å²) < 4.78 is 2.14. The summed E-state index contributed by atoms with van der Waals surface area (Å²) in [5.74, 6) is 1.98. The highest BCUT2D eigenvalue weighted by atomic mass is 16.1. The number of fused-ring (bicyclic) bond motifs is 3. The monoisotopic (exact) mass is 433 g/mol. The van der Waals surface area contributed by atoms with Crippen molar-refractivity contribution in [3.05, 3.63) is 36.3 Å². The van der Waals surface area contributed by atoms with E-state index in [4.69, 9.17) is 4.98 Å². The Bertz CT molecular complexity index is 1120. The lowest BCUT2D eigenvalue weighted by molar-refractivity contribution is 0.0866. The highest BCUT2D eigenvalue weighted by Crippen LogP contribution is 2.37. The number of nitrogens with zero attached hydrogens (tertiary/aromatic N) is 5. The number of carbonyl (C=O) groups excluding carboxylic acids is 1. The van der Waals surface area contributed by atoms with Gasteiger partial charge < -0.3 is 20.1 Å². The SMILES string of the molecule is CC(C)CC1CC(C)C(=O)c2cc3cnc(Nc4ccc(N5CCNCC5)cn4)nc3n21. The highest BCUT2D eigenvalue weighted by Gasteiger charge is 2.33. The van der Waals surface area contributed by atoms with Crippen molar-refractivity contribution >= 4 is 34.3 Å². The second-order valence-electron chi connectivity index (χ2n) is 9.42. The van der Waals surface area contributed by atoms with Crippen LogP contribution in [0.4, 0.5) is 17.5 Å². The molecule has 2 aliphatic rings. The van der Waals surface area contributed by atoms with Crippen molar-refractivity contribution < 1.29 is 4.79 Å². The molecule has 0 aromatic carbocycles. The van der Waals surface area contributed by atoms with Crippen LogP contribution in [0.25, 0.3) is 11.0 Å². The fraction of sp³-hybridized carbons (Fsp3) is 0.500. The third-order valence-electron chi connectivity index (χ3n) is 6.48. The summed E-state index contributed by atoms with van der Waals surface area (Å²) in [5.41, 5.74) is 2.70. The number of Topliss-reactive ketones (excluding diaryl/α,β-unsaturated/α-hetero) is 1. The van der Waals surface area contributed by atoms with E-state index in [2.05, 4.69) is 50.0 Å². The molecule has 0 bridgehead atoms. The Kier molecular flexibility index (Phi) is 5.55. The fourth-order valence-corrected chi connectivity index (χ4v) is 4.93. The van der Waals surface area contributed by atoms with Gasteiger partial charge in [-0.2, -0.15) is 4.98 Å². The second kappa shape index (κ2) is 8.50. The van der Waals surface area contributed by atoms with Gasteiger partial charge in [-0.05, 0) is 37.0 Å². The third-order valence-corrected chi connectivity index (χ3v) is 6.48. The Hall–Kier alpha value is -3.00. The van der Waals surface area contributed by atoms with E-state index in [0.29, 0.717) is 17.7 Å². The Balaban J connectivity index is 1.43. The van der Waals surface area contributed by atoms with Crippen molar-refractivity contribution in [2.75, 3.05) is 36.4 Å². The van der Waals surface area contributed by atoms with E-state index in [0.717, 1.165) is 61.4 Å². The first-order valence-electron chi connectivity index (χ1n) is 11.6. The van der Waals surface area contributed by atoms with Gasteiger partial charge in [0, 0.05) is 49.7 Å². The lowest BCUT2D eigenvalue weighted by Gasteiger charge is -2.30. The molecule has 8 nitrogen and oxygen atoms in total. The summed E-state index contributed by atoms with van der Waals surface area (Å²) in [5, 5.41) is 7.51. The van der Waals surface area contributed by atoms with Crippen LogP contribution < -0.4 is 15.5 Å². The lowest BCUT2D eigenvalue weighted by Crippen LogP contribution is -2.43. The molecule has 0 aliphatic carbocycles. The number of ketones is 1. The summed E-state index contributed by atoms with van der Waals surface area (Å²) >= 11 is 0. The largest absolute Gasteiger partial charge is 0.368 e. The zero-order chi connectivity index (χ0) is 22.2. The molecule has 0 spiro atoms. The molecule has 2 atom stereocenters. The van der Waals surface area contributed by atoms with Gasteiger partial charge in [-0.25, -0.2) is 9.97 Å². The molecule has 0 amide bonds. The molecule has 2 unspecified atom stereocenters. The number of anilines is 3. The molecule has 2 N–H and O–H groups in total. The minimum atomic E-state index is 0.0412. The third kappa shape index (κ3) is 3.95. The normalized spacial score (nSPS) is 21.2. The minimum absolute atomic E-state index is 0.0412. The molecular formula is C24H31N7O. The van der Waals surface area contributed by atoms with Crippen LogP contribution in [0, 0.1) is 11.8 Å². The number of hydrogen-bond donors (Lipinski definition) is 2. The van der Waals surface area contributed by atoms with Gasteiger partial charge in [-0.1, -0.05) is 20.8 Å². The van der Waals surface area contributed by atoms with Crippen LogP contribution in [-0.2, 0) is 0 Å². The molecule has 1 fully saturated rings. The number of nitrogens with one attached hydrogen (secondary N) is 2. The van der Waals surface area contributed by atoms with Gasteiger partial charge in [-0.15, -0.1) is 0 Å². The van der Waals surface area contributed by atoms with E-state index in [1.165, 1.54) is 0 Å². The van der Waals surface area contributed by atoms with Crippen molar-refractivity contribution in [1.29, 1.82) is 0 Å². The summed E-state index contributed by atoms with van der Waals surface area (Å²) in [7, 11) is 0. The van der Waals surface area contributed by atoms with Crippen LogP contribution in [-0.4, -0.2) is 51.5 Å². The zero-order valence-electron chi connectivity index (χ0n) is 19.0. The maximum Gasteiger partial charge on any atom is 0.230 e. The molecule has 0 radical (unpaired) electrons. The molecule has 0 saturated carbocycles. The topological polar surface area (TPSA) is 88.0 Å². The summed E-state index contributed by atoms with van der Waals surface area (Å²) in [4.78, 5) is 29.0. The number of carbonyl (C=O) groups is 1. The maximum absolute atomic E-state index is 12.9. The Morgan fingerprint density at radius 1 is 1.19 bits per heavy atom. The van der Waals surface area contributed by atoms with Gasteiger partial charge in [0.05, 0.1) is 17.6 Å². The molecule has 8 heteroatoms. The summed E-state index contributed by atoms with van der Waals surface area (Å²) in [6.07, 6.45) is 5.57. The molecule has 5 heterocycles. The number of piperazine rings is 1. The predicted molar refractivity (Wildman–Crippen MR) is 127 cm³/mol. The molecule has 5 rings (SSSR count). The zero-order valence-corrected chi connectivity index (χ0v) is 19.0. The number of aromatic nitrogens is 4. The minimum Gasteiger partial charge on any atom is -0.368 e. The van der Waals surface area contributed by atoms with Crippen LogP contribution in [0.3, 0.4) is 0 Å². The van der Waals surface area contributed by atoms with Crippen LogP contribution in [0.5, 0.6) is 0 Å². The summed E-state index contributed by atoms with van der Waals surface area (Å²) in [6, 6.07) is 6.27. The molecule has 2 aliphatic heterocycles. The Morgan fingerprint density at radius 2 is 2.00 bits per heavy atom. The van der Waals surface area contributed by atoms with Gasteiger partial charge in [-0.3, -0.25) is 4.79 Å². The van der Waals surface area contributed by atoms with E-state index in [1.54, 1.807) is 6.20 Å². The van der Waals surface area contributed by atoms with Crippen molar-refractivity contribution in [2.24, 2.45) is 11.8 Å². The van der Waals surface area contributed by atoms with Gasteiger partial charge in [0.1, 0.15) is 11.5 Å². The first-order valence-corrected chi connectivity index (χ1v) is 11.6. The molecular weight excluding hydrogens is 402 g/mol. The van der Waals surface area contributed by atoms with E-state index in [-0.39, 0.29) is 17.7 Å². The molecule has 3 aromatic rings. The molecule has 3 aromatic heterocycles. The van der Waals surface area contributed by atoms with Crippen LogP contribution in [0.1, 0.15) is 50.1 Å². The van der Waals surface area contributed by atoms with Crippen molar-refractivity contribution in [1.82, 2.24) is 24.8 Å². The van der Waals surface area contributed by atoms with E-state index < -0.39 is 0 Å². The van der Waals surface area contributed by atoms with Crippen LogP contribution in [0.15, 0.2) is 30.6 Å². The Morgan fingerprint density at radius 3 is 2.72 bits per heavy atom.